The van der Waals surface area contributed by atoms with Gasteiger partial charge in [-0.2, -0.15) is 0 Å². The summed E-state index contributed by atoms with van der Waals surface area (Å²) in [6.07, 6.45) is 0. The fourth-order valence-electron chi connectivity index (χ4n) is 1.49. The Labute approximate surface area is 163 Å². The van der Waals surface area contributed by atoms with Crippen molar-refractivity contribution in [3.05, 3.63) is 54.4 Å². The van der Waals surface area contributed by atoms with Crippen molar-refractivity contribution in [1.82, 2.24) is 0 Å². The monoisotopic (exact) mass is 498 g/mol. The van der Waals surface area contributed by atoms with Crippen LogP contribution in [0.1, 0.15) is 20.7 Å². The van der Waals surface area contributed by atoms with E-state index in [4.69, 9.17) is 44.9 Å². The predicted molar refractivity (Wildman–Crippen MR) is 101 cm³/mol. The number of carboxylic acids is 2. The van der Waals surface area contributed by atoms with Gasteiger partial charge in [0.05, 0.1) is 21.2 Å². The summed E-state index contributed by atoms with van der Waals surface area (Å²) in [7, 11) is 0. The zero-order chi connectivity index (χ0) is 18.6. The molecule has 0 aliphatic carbocycles. The number of nitrogens with two attached hydrogens (primary N) is 2. The molecule has 2 aromatic rings. The lowest BCUT2D eigenvalue weighted by atomic mass is 10.2. The lowest BCUT2D eigenvalue weighted by Crippen LogP contribution is -2.02. The van der Waals surface area contributed by atoms with Gasteiger partial charge in [0.2, 0.25) is 0 Å². The van der Waals surface area contributed by atoms with Gasteiger partial charge in [-0.3, -0.25) is 0 Å². The Morgan fingerprint density at radius 2 is 1.08 bits per heavy atom. The van der Waals surface area contributed by atoms with Crippen LogP contribution in [0.2, 0.25) is 10.0 Å². The Morgan fingerprint density at radius 3 is 1.33 bits per heavy atom. The van der Waals surface area contributed by atoms with Crippen LogP contribution in [0, 0.1) is 0 Å². The van der Waals surface area contributed by atoms with Gasteiger partial charge in [-0.15, -0.1) is 0 Å². The second kappa shape index (κ2) is 8.57. The molecule has 0 heterocycles. The highest BCUT2D eigenvalue weighted by molar-refractivity contribution is 9.10. The lowest BCUT2D eigenvalue weighted by Gasteiger charge is -2.02. The molecule has 6 N–H and O–H groups in total. The van der Waals surface area contributed by atoms with Gasteiger partial charge >= 0.3 is 11.9 Å². The molecule has 0 spiro atoms. The number of carboxylic acid groups (broad SMARTS) is 2. The first kappa shape index (κ1) is 20.6. The van der Waals surface area contributed by atoms with E-state index in [2.05, 4.69) is 31.9 Å². The molecule has 2 aromatic carbocycles. The molecule has 0 saturated carbocycles. The molecule has 0 atom stereocenters. The standard InChI is InChI=1S/2C7H5BrClNO2/c2*8-4-1-3(7(11)12)6(10)2-5(4)9/h2*1-2H,10H2,(H,11,12). The maximum Gasteiger partial charge on any atom is 0.337 e. The Kier molecular flexibility index (Phi) is 7.34. The van der Waals surface area contributed by atoms with E-state index in [1.807, 2.05) is 0 Å². The van der Waals surface area contributed by atoms with Crippen molar-refractivity contribution in [2.45, 2.75) is 0 Å². The highest BCUT2D eigenvalue weighted by atomic mass is 79.9. The third kappa shape index (κ3) is 5.27. The molecule has 0 aromatic heterocycles. The Morgan fingerprint density at radius 1 is 0.792 bits per heavy atom. The summed E-state index contributed by atoms with van der Waals surface area (Å²) in [6.45, 7) is 0. The first-order valence-electron chi connectivity index (χ1n) is 6.00. The minimum Gasteiger partial charge on any atom is -0.478 e. The Balaban J connectivity index is 0.000000240. The van der Waals surface area contributed by atoms with Crippen LogP contribution in [0.15, 0.2) is 33.2 Å². The molecule has 24 heavy (non-hydrogen) atoms. The van der Waals surface area contributed by atoms with E-state index in [0.29, 0.717) is 19.0 Å². The van der Waals surface area contributed by atoms with Crippen LogP contribution in [0.3, 0.4) is 0 Å². The summed E-state index contributed by atoms with van der Waals surface area (Å²) in [5, 5.41) is 18.1. The smallest absolute Gasteiger partial charge is 0.337 e. The Bertz CT molecular complexity index is 748. The minimum absolute atomic E-state index is 0.0475. The molecular formula is C14H10Br2Cl2N2O4. The van der Waals surface area contributed by atoms with Crippen molar-refractivity contribution in [2.24, 2.45) is 0 Å². The van der Waals surface area contributed by atoms with Crippen LogP contribution in [0.5, 0.6) is 0 Å². The van der Waals surface area contributed by atoms with Crippen LogP contribution in [0.4, 0.5) is 11.4 Å². The number of hydrogen-bond acceptors (Lipinski definition) is 4. The second-order valence-electron chi connectivity index (χ2n) is 4.32. The van der Waals surface area contributed by atoms with E-state index in [0.717, 1.165) is 0 Å². The number of rotatable bonds is 2. The van der Waals surface area contributed by atoms with Gasteiger partial charge in [-0.1, -0.05) is 23.2 Å². The summed E-state index contributed by atoms with van der Waals surface area (Å²) < 4.78 is 1.05. The fraction of sp³-hybridized carbons (Fsp3) is 0. The summed E-state index contributed by atoms with van der Waals surface area (Å²) in [5.74, 6) is -2.13. The van der Waals surface area contributed by atoms with Crippen molar-refractivity contribution in [2.75, 3.05) is 11.5 Å². The highest BCUT2D eigenvalue weighted by Gasteiger charge is 2.11. The number of carbonyl (C=O) groups is 2. The number of aromatic carboxylic acids is 2. The molecule has 0 fully saturated rings. The topological polar surface area (TPSA) is 127 Å². The molecule has 0 saturated heterocycles. The third-order valence-electron chi connectivity index (χ3n) is 2.65. The normalized spacial score (nSPS) is 9.83. The van der Waals surface area contributed by atoms with Gasteiger partial charge < -0.3 is 21.7 Å². The molecule has 0 amide bonds. The zero-order valence-corrected chi connectivity index (χ0v) is 16.4. The zero-order valence-electron chi connectivity index (χ0n) is 11.7. The maximum absolute atomic E-state index is 10.5. The van der Waals surface area contributed by atoms with E-state index in [-0.39, 0.29) is 22.5 Å². The number of hydrogen-bond donors (Lipinski definition) is 4. The van der Waals surface area contributed by atoms with Crippen LogP contribution in [-0.4, -0.2) is 22.2 Å². The van der Waals surface area contributed by atoms with Gasteiger partial charge in [-0.25, -0.2) is 9.59 Å². The summed E-state index contributed by atoms with van der Waals surface area (Å²) in [4.78, 5) is 21.1. The molecule has 0 unspecified atom stereocenters. The summed E-state index contributed by atoms with van der Waals surface area (Å²) in [6, 6.07) is 5.55. The van der Waals surface area contributed by atoms with Crippen LogP contribution >= 0.6 is 55.1 Å². The number of anilines is 2. The molecular weight excluding hydrogens is 491 g/mol. The average molecular weight is 501 g/mol. The van der Waals surface area contributed by atoms with Gasteiger partial charge in [0.25, 0.3) is 0 Å². The maximum atomic E-state index is 10.5. The van der Waals surface area contributed by atoms with Crippen molar-refractivity contribution in [1.29, 1.82) is 0 Å². The SMILES string of the molecule is Nc1cc(Cl)c(Br)cc1C(=O)O.Nc1cc(Cl)c(Br)cc1C(=O)O. The van der Waals surface area contributed by atoms with Crippen LogP contribution in [-0.2, 0) is 0 Å². The molecule has 128 valence electrons. The quantitative estimate of drug-likeness (QED) is 0.440. The van der Waals surface area contributed by atoms with Gasteiger partial charge in [0.15, 0.2) is 0 Å². The van der Waals surface area contributed by atoms with Gasteiger partial charge in [-0.05, 0) is 56.1 Å². The first-order valence-corrected chi connectivity index (χ1v) is 8.34. The second-order valence-corrected chi connectivity index (χ2v) is 6.84. The summed E-state index contributed by atoms with van der Waals surface area (Å²) in [5.41, 5.74) is 11.2. The van der Waals surface area contributed by atoms with E-state index in [1.165, 1.54) is 24.3 Å². The van der Waals surface area contributed by atoms with E-state index in [1.54, 1.807) is 0 Å². The fourth-order valence-corrected chi connectivity index (χ4v) is 2.53. The molecule has 10 heteroatoms. The van der Waals surface area contributed by atoms with Gasteiger partial charge in [0.1, 0.15) is 0 Å². The molecule has 0 bridgehead atoms. The number of halogens is 4. The van der Waals surface area contributed by atoms with Crippen LogP contribution in [0.25, 0.3) is 0 Å². The van der Waals surface area contributed by atoms with E-state index < -0.39 is 11.9 Å². The lowest BCUT2D eigenvalue weighted by molar-refractivity contribution is 0.0687. The van der Waals surface area contributed by atoms with E-state index in [9.17, 15) is 9.59 Å². The molecule has 6 nitrogen and oxygen atoms in total. The molecule has 2 rings (SSSR count). The Hall–Kier alpha value is -1.48. The summed E-state index contributed by atoms with van der Waals surface area (Å²) >= 11 is 17.5. The predicted octanol–water partition coefficient (Wildman–Crippen LogP) is 4.77. The van der Waals surface area contributed by atoms with E-state index >= 15 is 0 Å². The first-order chi connectivity index (χ1) is 11.0. The average Bonchev–Trinajstić information content (AvgIpc) is 2.46. The molecule has 0 aliphatic rings. The van der Waals surface area contributed by atoms with Crippen molar-refractivity contribution in [3.63, 3.8) is 0 Å². The van der Waals surface area contributed by atoms with Crippen molar-refractivity contribution < 1.29 is 19.8 Å². The molecule has 0 radical (unpaired) electrons. The number of nitrogen functional groups attached to an aromatic ring is 2. The van der Waals surface area contributed by atoms with Gasteiger partial charge in [0, 0.05) is 20.3 Å². The van der Waals surface area contributed by atoms with Crippen LogP contribution < -0.4 is 11.5 Å². The largest absolute Gasteiger partial charge is 0.478 e. The van der Waals surface area contributed by atoms with Crippen molar-refractivity contribution in [3.8, 4) is 0 Å². The number of benzene rings is 2. The third-order valence-corrected chi connectivity index (χ3v) is 5.04. The van der Waals surface area contributed by atoms with Crippen molar-refractivity contribution >= 4 is 78.4 Å². The highest BCUT2D eigenvalue weighted by Crippen LogP contribution is 2.28. The minimum atomic E-state index is -1.06. The molecule has 0 aliphatic heterocycles.